The van der Waals surface area contributed by atoms with E-state index in [1.165, 1.54) is 0 Å². The third-order valence-corrected chi connectivity index (χ3v) is 4.03. The van der Waals surface area contributed by atoms with E-state index in [0.29, 0.717) is 10.4 Å². The summed E-state index contributed by atoms with van der Waals surface area (Å²) in [6, 6.07) is 2.39. The van der Waals surface area contributed by atoms with Gasteiger partial charge in [0, 0.05) is 11.1 Å². The number of hydrogen-bond donors (Lipinski definition) is 1. The maximum Gasteiger partial charge on any atom is 0.418 e. The molecule has 0 atom stereocenters. The minimum absolute atomic E-state index is 0.193. The molecule has 10 heteroatoms. The average Bonchev–Trinajstić information content (AvgIpc) is 2.33. The third kappa shape index (κ3) is 5.58. The number of nitrogens with zero attached hydrogens (tertiary/aromatic N) is 1. The molecule has 1 N–H and O–H groups in total. The summed E-state index contributed by atoms with van der Waals surface area (Å²) in [4.78, 5) is 11.8. The Morgan fingerprint density at radius 2 is 1.91 bits per heavy atom. The molecule has 5 nitrogen and oxygen atoms in total. The summed E-state index contributed by atoms with van der Waals surface area (Å²) in [5.74, 6) is -0.714. The lowest BCUT2D eigenvalue weighted by Gasteiger charge is -2.25. The molecule has 0 spiro atoms. The number of rotatable bonds is 5. The molecular formula is C13H16ClF3N2O3S. The highest BCUT2D eigenvalue weighted by atomic mass is 35.5. The molecule has 23 heavy (non-hydrogen) atoms. The molecule has 1 aromatic carbocycles. The summed E-state index contributed by atoms with van der Waals surface area (Å²) in [5.41, 5.74) is -1.88. The molecule has 0 aliphatic carbocycles. The van der Waals surface area contributed by atoms with Gasteiger partial charge in [-0.25, -0.2) is 8.42 Å². The maximum atomic E-state index is 13.1. The van der Waals surface area contributed by atoms with Gasteiger partial charge >= 0.3 is 6.18 Å². The number of halogens is 4. The van der Waals surface area contributed by atoms with Crippen molar-refractivity contribution in [2.45, 2.75) is 26.1 Å². The van der Waals surface area contributed by atoms with Gasteiger partial charge in [-0.1, -0.05) is 11.6 Å². The van der Waals surface area contributed by atoms with Gasteiger partial charge in [0.1, 0.15) is 6.54 Å². The van der Waals surface area contributed by atoms with Crippen molar-refractivity contribution in [3.05, 3.63) is 28.8 Å². The summed E-state index contributed by atoms with van der Waals surface area (Å²) >= 11 is 5.57. The Morgan fingerprint density at radius 3 is 2.35 bits per heavy atom. The van der Waals surface area contributed by atoms with Crippen LogP contribution in [0, 0.1) is 0 Å². The number of amides is 1. The van der Waals surface area contributed by atoms with Gasteiger partial charge in [0.25, 0.3) is 0 Å². The Balaban J connectivity index is 3.38. The van der Waals surface area contributed by atoms with Gasteiger partial charge < -0.3 is 5.32 Å². The van der Waals surface area contributed by atoms with Gasteiger partial charge in [-0.05, 0) is 32.0 Å². The number of anilines is 1. The van der Waals surface area contributed by atoms with Crippen LogP contribution in [0.2, 0.25) is 5.02 Å². The molecule has 0 saturated heterocycles. The number of hydrogen-bond acceptors (Lipinski definition) is 3. The van der Waals surface area contributed by atoms with E-state index in [1.807, 2.05) is 0 Å². The fourth-order valence-electron chi connectivity index (χ4n) is 1.83. The van der Waals surface area contributed by atoms with E-state index < -0.39 is 39.9 Å². The number of carbonyl (C=O) groups is 1. The second kappa shape index (κ2) is 6.96. The van der Waals surface area contributed by atoms with Crippen LogP contribution < -0.4 is 9.62 Å². The SMILES string of the molecule is CC(C)NC(=O)CN(c1ccc(Cl)cc1C(F)(F)F)S(C)(=O)=O. The van der Waals surface area contributed by atoms with Gasteiger partial charge in [-0.2, -0.15) is 13.2 Å². The predicted octanol–water partition coefficient (Wildman–Crippen LogP) is 2.65. The fraction of sp³-hybridized carbons (Fsp3) is 0.462. The minimum Gasteiger partial charge on any atom is -0.352 e. The monoisotopic (exact) mass is 372 g/mol. The second-order valence-corrected chi connectivity index (χ2v) is 7.49. The number of carbonyl (C=O) groups excluding carboxylic acids is 1. The number of alkyl halides is 3. The topological polar surface area (TPSA) is 66.5 Å². The Bertz CT molecular complexity index is 690. The van der Waals surface area contributed by atoms with E-state index in [0.717, 1.165) is 18.4 Å². The van der Waals surface area contributed by atoms with Crippen LogP contribution in [0.1, 0.15) is 19.4 Å². The van der Waals surface area contributed by atoms with Crippen molar-refractivity contribution in [2.24, 2.45) is 0 Å². The zero-order valence-corrected chi connectivity index (χ0v) is 14.2. The Hall–Kier alpha value is -1.48. The van der Waals surface area contributed by atoms with Crippen molar-refractivity contribution >= 4 is 33.2 Å². The van der Waals surface area contributed by atoms with E-state index in [4.69, 9.17) is 11.6 Å². The quantitative estimate of drug-likeness (QED) is 0.864. The first kappa shape index (κ1) is 19.6. The molecule has 0 fully saturated rings. The van der Waals surface area contributed by atoms with Crippen molar-refractivity contribution in [3.8, 4) is 0 Å². The largest absolute Gasteiger partial charge is 0.418 e. The standard InChI is InChI=1S/C13H16ClF3N2O3S/c1-8(2)18-12(20)7-19(23(3,21)22)11-5-4-9(14)6-10(11)13(15,16)17/h4-6,8H,7H2,1-3H3,(H,18,20). The molecule has 0 aromatic heterocycles. The molecular weight excluding hydrogens is 357 g/mol. The second-order valence-electron chi connectivity index (χ2n) is 5.15. The first-order valence-corrected chi connectivity index (χ1v) is 8.69. The van der Waals surface area contributed by atoms with E-state index in [-0.39, 0.29) is 11.1 Å². The molecule has 1 aromatic rings. The van der Waals surface area contributed by atoms with Crippen molar-refractivity contribution in [1.29, 1.82) is 0 Å². The Morgan fingerprint density at radius 1 is 1.35 bits per heavy atom. The van der Waals surface area contributed by atoms with Crippen LogP contribution in [-0.4, -0.2) is 33.2 Å². The summed E-state index contributed by atoms with van der Waals surface area (Å²) in [5, 5.41) is 2.24. The lowest BCUT2D eigenvalue weighted by atomic mass is 10.1. The number of nitrogens with one attached hydrogen (secondary N) is 1. The third-order valence-electron chi connectivity index (χ3n) is 2.67. The smallest absolute Gasteiger partial charge is 0.352 e. The molecule has 1 rings (SSSR count). The van der Waals surface area contributed by atoms with Crippen LogP contribution >= 0.6 is 11.6 Å². The predicted molar refractivity (Wildman–Crippen MR) is 81.9 cm³/mol. The molecule has 1 amide bonds. The molecule has 0 aliphatic rings. The van der Waals surface area contributed by atoms with Crippen molar-refractivity contribution in [1.82, 2.24) is 5.32 Å². The maximum absolute atomic E-state index is 13.1. The van der Waals surface area contributed by atoms with Crippen molar-refractivity contribution in [3.63, 3.8) is 0 Å². The van der Waals surface area contributed by atoms with Crippen LogP contribution in [0.25, 0.3) is 0 Å². The van der Waals surface area contributed by atoms with Gasteiger partial charge in [-0.15, -0.1) is 0 Å². The normalized spacial score (nSPS) is 12.3. The molecule has 130 valence electrons. The summed E-state index contributed by atoms with van der Waals surface area (Å²) in [6.07, 6.45) is -4.10. The van der Waals surface area contributed by atoms with Gasteiger partial charge in [0.2, 0.25) is 15.9 Å². The molecule has 0 aliphatic heterocycles. The van der Waals surface area contributed by atoms with Gasteiger partial charge in [0.15, 0.2) is 0 Å². The highest BCUT2D eigenvalue weighted by Crippen LogP contribution is 2.38. The van der Waals surface area contributed by atoms with E-state index in [2.05, 4.69) is 5.32 Å². The fourth-order valence-corrected chi connectivity index (χ4v) is 2.87. The van der Waals surface area contributed by atoms with E-state index >= 15 is 0 Å². The van der Waals surface area contributed by atoms with Crippen LogP contribution in [0.5, 0.6) is 0 Å². The number of benzene rings is 1. The Labute approximate surface area is 137 Å². The average molecular weight is 373 g/mol. The van der Waals surface area contributed by atoms with Gasteiger partial charge in [0.05, 0.1) is 17.5 Å². The van der Waals surface area contributed by atoms with Crippen LogP contribution in [0.15, 0.2) is 18.2 Å². The van der Waals surface area contributed by atoms with Gasteiger partial charge in [-0.3, -0.25) is 9.10 Å². The lowest BCUT2D eigenvalue weighted by molar-refractivity contribution is -0.137. The zero-order valence-electron chi connectivity index (χ0n) is 12.6. The first-order chi connectivity index (χ1) is 10.3. The highest BCUT2D eigenvalue weighted by Gasteiger charge is 2.37. The van der Waals surface area contributed by atoms with Crippen LogP contribution in [0.3, 0.4) is 0 Å². The molecule has 0 heterocycles. The summed E-state index contributed by atoms with van der Waals surface area (Å²) in [7, 11) is -4.12. The molecule has 0 saturated carbocycles. The zero-order chi connectivity index (χ0) is 18.0. The number of sulfonamides is 1. The van der Waals surface area contributed by atoms with Crippen LogP contribution in [-0.2, 0) is 21.0 Å². The van der Waals surface area contributed by atoms with Crippen LogP contribution in [0.4, 0.5) is 18.9 Å². The Kier molecular flexibility index (Phi) is 5.92. The summed E-state index contributed by atoms with van der Waals surface area (Å²) < 4.78 is 63.6. The highest BCUT2D eigenvalue weighted by molar-refractivity contribution is 7.92. The minimum atomic E-state index is -4.82. The first-order valence-electron chi connectivity index (χ1n) is 6.46. The van der Waals surface area contributed by atoms with E-state index in [1.54, 1.807) is 13.8 Å². The molecule has 0 unspecified atom stereocenters. The van der Waals surface area contributed by atoms with Crippen molar-refractivity contribution in [2.75, 3.05) is 17.1 Å². The van der Waals surface area contributed by atoms with Crippen molar-refractivity contribution < 1.29 is 26.4 Å². The summed E-state index contributed by atoms with van der Waals surface area (Å²) in [6.45, 7) is 2.53. The molecule has 0 bridgehead atoms. The van der Waals surface area contributed by atoms with E-state index in [9.17, 15) is 26.4 Å². The molecule has 0 radical (unpaired) electrons. The lowest BCUT2D eigenvalue weighted by Crippen LogP contribution is -2.43.